The van der Waals surface area contributed by atoms with Crippen molar-refractivity contribution in [2.75, 3.05) is 0 Å². The number of ether oxygens (including phenoxy) is 1. The molecule has 8 nitrogen and oxygen atoms in total. The van der Waals surface area contributed by atoms with Gasteiger partial charge in [-0.05, 0) is 41.9 Å². The average molecular weight is 568 g/mol. The first kappa shape index (κ1) is 26.9. The second kappa shape index (κ2) is 8.85. The molecule has 1 aromatic carbocycles. The number of nitrogens with zero attached hydrogens (tertiary/aromatic N) is 2. The van der Waals surface area contributed by atoms with E-state index in [4.69, 9.17) is 21.3 Å². The summed E-state index contributed by atoms with van der Waals surface area (Å²) in [7, 11) is 0. The fraction of sp³-hybridized carbons (Fsp3) is 0.467. The molecule has 0 fully saturated rings. The lowest BCUT2D eigenvalue weighted by Gasteiger charge is -2.32. The summed E-state index contributed by atoms with van der Waals surface area (Å²) in [5, 5.41) is 15.1. The summed E-state index contributed by atoms with van der Waals surface area (Å²) >= 11 is 6.44. The van der Waals surface area contributed by atoms with Gasteiger partial charge in [-0.2, -0.15) is 0 Å². The summed E-state index contributed by atoms with van der Waals surface area (Å²) in [6.45, 7) is 9.50. The molecule has 0 radical (unpaired) electrons. The number of hydrogen-bond acceptors (Lipinski definition) is 6. The van der Waals surface area contributed by atoms with Crippen molar-refractivity contribution in [1.29, 1.82) is 0 Å². The summed E-state index contributed by atoms with van der Waals surface area (Å²) in [5.74, 6) is -1.76. The lowest BCUT2D eigenvalue weighted by atomic mass is 9.80. The van der Waals surface area contributed by atoms with Crippen molar-refractivity contribution in [3.63, 3.8) is 0 Å². The van der Waals surface area contributed by atoms with E-state index in [1.807, 2.05) is 27.7 Å². The maximum Gasteiger partial charge on any atom is 0.343 e. The van der Waals surface area contributed by atoms with Crippen LogP contribution >= 0.6 is 11.6 Å². The number of esters is 1. The maximum atomic E-state index is 14.9. The third kappa shape index (κ3) is 3.66. The molecule has 2 aromatic heterocycles. The fourth-order valence-electron chi connectivity index (χ4n) is 6.19. The van der Waals surface area contributed by atoms with Gasteiger partial charge < -0.3 is 19.7 Å². The van der Waals surface area contributed by atoms with Crippen LogP contribution in [0.15, 0.2) is 16.9 Å². The van der Waals surface area contributed by atoms with Crippen LogP contribution in [0.1, 0.15) is 81.3 Å². The maximum absolute atomic E-state index is 14.9. The number of nitrogens with one attached hydrogen (secondary N) is 1. The lowest BCUT2D eigenvalue weighted by Crippen LogP contribution is -2.44. The first-order valence-electron chi connectivity index (χ1n) is 13.6. The SMILES string of the molecule is CC[C@@]1(O)C(=O)OCc2c1cc1n(c2=O)Cc2c-1nc1cc(F)c(Cl)c3c1c2[C@@H](NC(=O)[C@@H](C)C(C)(C)C)CC3. The molecule has 0 saturated heterocycles. The number of cyclic esters (lactones) is 1. The highest BCUT2D eigenvalue weighted by atomic mass is 35.5. The highest BCUT2D eigenvalue weighted by Crippen LogP contribution is 2.47. The van der Waals surface area contributed by atoms with E-state index in [9.17, 15) is 23.9 Å². The zero-order chi connectivity index (χ0) is 28.9. The van der Waals surface area contributed by atoms with Gasteiger partial charge in [0, 0.05) is 28.5 Å². The Morgan fingerprint density at radius 1 is 1.30 bits per heavy atom. The molecule has 3 aliphatic rings. The topological polar surface area (TPSA) is 111 Å². The molecule has 1 amide bonds. The van der Waals surface area contributed by atoms with E-state index in [0.29, 0.717) is 40.7 Å². The molecule has 210 valence electrons. The minimum Gasteiger partial charge on any atom is -0.458 e. The molecule has 0 saturated carbocycles. The molecule has 1 aliphatic carbocycles. The lowest BCUT2D eigenvalue weighted by molar-refractivity contribution is -0.172. The minimum atomic E-state index is -1.96. The second-order valence-corrected chi connectivity index (χ2v) is 12.6. The van der Waals surface area contributed by atoms with Gasteiger partial charge in [0.25, 0.3) is 5.56 Å². The molecule has 6 rings (SSSR count). The van der Waals surface area contributed by atoms with Gasteiger partial charge in [0.15, 0.2) is 5.60 Å². The Morgan fingerprint density at radius 3 is 2.70 bits per heavy atom. The molecule has 10 heteroatoms. The van der Waals surface area contributed by atoms with E-state index >= 15 is 0 Å². The third-order valence-electron chi connectivity index (χ3n) is 9.05. The molecule has 0 spiro atoms. The van der Waals surface area contributed by atoms with Crippen molar-refractivity contribution in [1.82, 2.24) is 14.9 Å². The van der Waals surface area contributed by atoms with Gasteiger partial charge in [-0.15, -0.1) is 0 Å². The zero-order valence-corrected chi connectivity index (χ0v) is 23.8. The average Bonchev–Trinajstić information content (AvgIpc) is 3.27. The Bertz CT molecular complexity index is 1710. The molecule has 3 atom stereocenters. The Hall–Kier alpha value is -3.30. The van der Waals surface area contributed by atoms with E-state index in [-0.39, 0.29) is 58.5 Å². The molecule has 2 aliphatic heterocycles. The minimum absolute atomic E-state index is 0.0259. The van der Waals surface area contributed by atoms with E-state index in [0.717, 1.165) is 11.1 Å². The largest absolute Gasteiger partial charge is 0.458 e. The van der Waals surface area contributed by atoms with Crippen LogP contribution in [0.4, 0.5) is 4.39 Å². The Balaban J connectivity index is 1.60. The number of aliphatic hydroxyl groups is 1. The number of pyridine rings is 2. The van der Waals surface area contributed by atoms with Gasteiger partial charge >= 0.3 is 5.97 Å². The number of amides is 1. The predicted molar refractivity (Wildman–Crippen MR) is 147 cm³/mol. The number of hydrogen-bond donors (Lipinski definition) is 2. The standard InChI is InChI=1S/C30H31ClFN3O5/c1-6-30(39)17-9-21-25-15(11-35(21)27(37)16(17)12-40-28(30)38)23-19(34-26(36)13(2)29(3,4)5)8-7-14-22(23)20(33-25)10-18(32)24(14)31/h9-10,13,19,39H,6-8,11-12H2,1-5H3,(H,34,36)/t13-,19+,30+/m1/s1. The summed E-state index contributed by atoms with van der Waals surface area (Å²) in [5.41, 5.74) is 1.23. The van der Waals surface area contributed by atoms with Crippen molar-refractivity contribution >= 4 is 34.4 Å². The summed E-state index contributed by atoms with van der Waals surface area (Å²) in [4.78, 5) is 44.4. The van der Waals surface area contributed by atoms with E-state index < -0.39 is 23.4 Å². The van der Waals surface area contributed by atoms with Gasteiger partial charge in [-0.1, -0.05) is 46.2 Å². The smallest absolute Gasteiger partial charge is 0.343 e. The number of fused-ring (bicyclic) bond motifs is 5. The van der Waals surface area contributed by atoms with Crippen molar-refractivity contribution in [3.05, 3.63) is 61.1 Å². The molecular weight excluding hydrogens is 537 g/mol. The van der Waals surface area contributed by atoms with E-state index in [2.05, 4.69) is 5.32 Å². The van der Waals surface area contributed by atoms with Crippen molar-refractivity contribution < 1.29 is 23.8 Å². The van der Waals surface area contributed by atoms with Crippen LogP contribution < -0.4 is 10.9 Å². The molecular formula is C30H31ClFN3O5. The summed E-state index contributed by atoms with van der Waals surface area (Å²) < 4.78 is 21.7. The Kier molecular flexibility index (Phi) is 5.95. The number of halogens is 2. The summed E-state index contributed by atoms with van der Waals surface area (Å²) in [6, 6.07) is 2.51. The van der Waals surface area contributed by atoms with Crippen LogP contribution in [-0.2, 0) is 39.5 Å². The van der Waals surface area contributed by atoms with Crippen molar-refractivity contribution in [3.8, 4) is 11.4 Å². The second-order valence-electron chi connectivity index (χ2n) is 12.2. The number of aryl methyl sites for hydroxylation is 1. The highest BCUT2D eigenvalue weighted by Gasteiger charge is 2.46. The molecule has 40 heavy (non-hydrogen) atoms. The van der Waals surface area contributed by atoms with Crippen molar-refractivity contribution in [2.45, 2.75) is 78.7 Å². The summed E-state index contributed by atoms with van der Waals surface area (Å²) in [6.07, 6.45) is 0.988. The van der Waals surface area contributed by atoms with E-state index in [1.165, 1.54) is 6.07 Å². The van der Waals surface area contributed by atoms with Gasteiger partial charge in [0.05, 0.1) is 40.1 Å². The normalized spacial score (nSPS) is 21.9. The monoisotopic (exact) mass is 567 g/mol. The van der Waals surface area contributed by atoms with Crippen molar-refractivity contribution in [2.24, 2.45) is 11.3 Å². The number of rotatable bonds is 3. The van der Waals surface area contributed by atoms with Gasteiger partial charge in [0.1, 0.15) is 12.4 Å². The molecule has 4 heterocycles. The van der Waals surface area contributed by atoms with Gasteiger partial charge in [-0.3, -0.25) is 9.59 Å². The van der Waals surface area contributed by atoms with Gasteiger partial charge in [-0.25, -0.2) is 14.2 Å². The van der Waals surface area contributed by atoms with Crippen LogP contribution in [0.25, 0.3) is 22.3 Å². The Morgan fingerprint density at radius 2 is 2.02 bits per heavy atom. The molecule has 0 bridgehead atoms. The first-order chi connectivity index (χ1) is 18.8. The molecule has 2 N–H and O–H groups in total. The Labute approximate surface area is 235 Å². The highest BCUT2D eigenvalue weighted by molar-refractivity contribution is 6.32. The zero-order valence-electron chi connectivity index (χ0n) is 23.1. The quantitative estimate of drug-likeness (QED) is 0.349. The predicted octanol–water partition coefficient (Wildman–Crippen LogP) is 4.66. The molecule has 0 unspecified atom stereocenters. The van der Waals surface area contributed by atoms with Crippen LogP contribution in [0, 0.1) is 17.2 Å². The van der Waals surface area contributed by atoms with Crippen LogP contribution in [0.2, 0.25) is 5.02 Å². The van der Waals surface area contributed by atoms with Gasteiger partial charge in [0.2, 0.25) is 5.91 Å². The van der Waals surface area contributed by atoms with Crippen LogP contribution in [-0.4, -0.2) is 26.5 Å². The van der Waals surface area contributed by atoms with Crippen LogP contribution in [0.3, 0.4) is 0 Å². The first-order valence-corrected chi connectivity index (χ1v) is 14.0. The number of aromatic nitrogens is 2. The van der Waals surface area contributed by atoms with E-state index in [1.54, 1.807) is 17.6 Å². The number of benzene rings is 1. The third-order valence-corrected chi connectivity index (χ3v) is 9.46. The van der Waals surface area contributed by atoms with Crippen LogP contribution in [0.5, 0.6) is 0 Å². The number of carbonyl (C=O) groups excluding carboxylic acids is 2. The number of carbonyl (C=O) groups is 2. The molecule has 3 aromatic rings. The fourth-order valence-corrected chi connectivity index (χ4v) is 6.43.